The fraction of sp³-hybridized carbons (Fsp3) is 0.737. The van der Waals surface area contributed by atoms with Gasteiger partial charge >= 0.3 is 11.9 Å². The second-order valence-electron chi connectivity index (χ2n) is 7.70. The molecule has 0 aliphatic heterocycles. The summed E-state index contributed by atoms with van der Waals surface area (Å²) in [5.41, 5.74) is 11.2. The molecule has 4 atom stereocenters. The standard InChI is InChI=1S/C19H35N5O7S/c1-10(2)15(18(29)23-13(9-32)19(30)31)24-17(28)12(5-3-4-8-20)22-16(27)11(21)6-7-14(25)26/h10-13,15,32H,3-9,20-21H2,1-2H3,(H,22,27)(H,23,29)(H,24,28)(H,25,26)(H,30,31). The maximum absolute atomic E-state index is 12.9. The van der Waals surface area contributed by atoms with E-state index in [9.17, 15) is 24.0 Å². The zero-order chi connectivity index (χ0) is 24.8. The number of unbranched alkanes of at least 4 members (excludes halogenated alkanes) is 1. The largest absolute Gasteiger partial charge is 0.481 e. The minimum absolute atomic E-state index is 0.102. The molecule has 13 heteroatoms. The number of carbonyl (C=O) groups is 5. The van der Waals surface area contributed by atoms with Crippen molar-refractivity contribution < 1.29 is 34.2 Å². The van der Waals surface area contributed by atoms with Crippen LogP contribution in [-0.2, 0) is 24.0 Å². The first kappa shape index (κ1) is 29.6. The number of nitrogens with one attached hydrogen (secondary N) is 3. The molecule has 0 aromatic heterocycles. The summed E-state index contributed by atoms with van der Waals surface area (Å²) in [5, 5.41) is 25.2. The van der Waals surface area contributed by atoms with Crippen LogP contribution in [0.4, 0.5) is 0 Å². The van der Waals surface area contributed by atoms with Gasteiger partial charge in [-0.2, -0.15) is 12.6 Å². The van der Waals surface area contributed by atoms with E-state index < -0.39 is 53.8 Å². The molecular weight excluding hydrogens is 442 g/mol. The molecular formula is C19H35N5O7S. The molecule has 0 bridgehead atoms. The summed E-state index contributed by atoms with van der Waals surface area (Å²) >= 11 is 3.90. The van der Waals surface area contributed by atoms with E-state index in [1.165, 1.54) is 0 Å². The molecule has 32 heavy (non-hydrogen) atoms. The van der Waals surface area contributed by atoms with Crippen molar-refractivity contribution in [3.8, 4) is 0 Å². The van der Waals surface area contributed by atoms with Gasteiger partial charge in [0.05, 0.1) is 6.04 Å². The van der Waals surface area contributed by atoms with E-state index in [1.807, 2.05) is 0 Å². The highest BCUT2D eigenvalue weighted by molar-refractivity contribution is 7.80. The summed E-state index contributed by atoms with van der Waals surface area (Å²) in [6.45, 7) is 3.73. The van der Waals surface area contributed by atoms with Crippen LogP contribution in [0.25, 0.3) is 0 Å². The molecule has 0 aliphatic carbocycles. The smallest absolute Gasteiger partial charge is 0.327 e. The Balaban J connectivity index is 5.32. The topological polar surface area (TPSA) is 214 Å². The van der Waals surface area contributed by atoms with E-state index in [0.29, 0.717) is 19.4 Å². The minimum atomic E-state index is -1.26. The number of carboxylic acid groups (broad SMARTS) is 2. The summed E-state index contributed by atoms with van der Waals surface area (Å²) in [5.74, 6) is -4.91. The second-order valence-corrected chi connectivity index (χ2v) is 8.06. The predicted octanol–water partition coefficient (Wildman–Crippen LogP) is -1.57. The number of amides is 3. The number of nitrogens with two attached hydrogens (primary N) is 2. The van der Waals surface area contributed by atoms with Gasteiger partial charge in [0.15, 0.2) is 0 Å². The van der Waals surface area contributed by atoms with Gasteiger partial charge in [-0.3, -0.25) is 19.2 Å². The van der Waals surface area contributed by atoms with Crippen LogP contribution < -0.4 is 27.4 Å². The summed E-state index contributed by atoms with van der Waals surface area (Å²) in [6, 6.07) is -4.43. The third-order valence-corrected chi connectivity index (χ3v) is 5.00. The highest BCUT2D eigenvalue weighted by Gasteiger charge is 2.31. The van der Waals surface area contributed by atoms with Crippen LogP contribution in [0.15, 0.2) is 0 Å². The second kappa shape index (κ2) is 15.4. The Bertz CT molecular complexity index is 662. The first-order chi connectivity index (χ1) is 14.9. The molecule has 3 amide bonds. The third-order valence-electron chi connectivity index (χ3n) is 4.63. The molecule has 0 aromatic carbocycles. The molecule has 0 heterocycles. The number of aliphatic carboxylic acids is 2. The van der Waals surface area contributed by atoms with Gasteiger partial charge in [0, 0.05) is 12.2 Å². The quantitative estimate of drug-likeness (QED) is 0.0950. The van der Waals surface area contributed by atoms with Gasteiger partial charge in [-0.05, 0) is 38.1 Å². The van der Waals surface area contributed by atoms with Crippen LogP contribution in [0.2, 0.25) is 0 Å². The van der Waals surface area contributed by atoms with Crippen LogP contribution in [0, 0.1) is 5.92 Å². The fourth-order valence-electron chi connectivity index (χ4n) is 2.69. The predicted molar refractivity (Wildman–Crippen MR) is 120 cm³/mol. The van der Waals surface area contributed by atoms with Crippen LogP contribution in [0.3, 0.4) is 0 Å². The van der Waals surface area contributed by atoms with Crippen LogP contribution >= 0.6 is 12.6 Å². The first-order valence-electron chi connectivity index (χ1n) is 10.4. The van der Waals surface area contributed by atoms with Gasteiger partial charge in [0.2, 0.25) is 17.7 Å². The Morgan fingerprint density at radius 2 is 1.47 bits per heavy atom. The van der Waals surface area contributed by atoms with Gasteiger partial charge < -0.3 is 37.6 Å². The number of rotatable bonds is 16. The lowest BCUT2D eigenvalue weighted by molar-refractivity contribution is -0.142. The summed E-state index contributed by atoms with van der Waals surface area (Å²) in [7, 11) is 0. The summed E-state index contributed by atoms with van der Waals surface area (Å²) in [6.07, 6.45) is 0.931. The molecule has 0 spiro atoms. The minimum Gasteiger partial charge on any atom is -0.481 e. The number of hydrogen-bond acceptors (Lipinski definition) is 8. The molecule has 0 saturated carbocycles. The van der Waals surface area contributed by atoms with Crippen molar-refractivity contribution in [3.63, 3.8) is 0 Å². The maximum atomic E-state index is 12.9. The Labute approximate surface area is 192 Å². The van der Waals surface area contributed by atoms with E-state index in [2.05, 4.69) is 28.6 Å². The average Bonchev–Trinajstić information content (AvgIpc) is 2.72. The Hall–Kier alpha value is -2.38. The van der Waals surface area contributed by atoms with Crippen molar-refractivity contribution in [2.75, 3.05) is 12.3 Å². The summed E-state index contributed by atoms with van der Waals surface area (Å²) < 4.78 is 0. The van der Waals surface area contributed by atoms with Crippen molar-refractivity contribution in [1.82, 2.24) is 16.0 Å². The van der Waals surface area contributed by atoms with E-state index in [0.717, 1.165) is 0 Å². The molecule has 0 rings (SSSR count). The maximum Gasteiger partial charge on any atom is 0.327 e. The molecule has 4 unspecified atom stereocenters. The zero-order valence-corrected chi connectivity index (χ0v) is 19.3. The van der Waals surface area contributed by atoms with Gasteiger partial charge in [-0.15, -0.1) is 0 Å². The van der Waals surface area contributed by atoms with Gasteiger partial charge in [-0.25, -0.2) is 4.79 Å². The van der Waals surface area contributed by atoms with Crippen molar-refractivity contribution in [2.45, 2.75) is 70.1 Å². The van der Waals surface area contributed by atoms with Crippen molar-refractivity contribution >= 4 is 42.3 Å². The normalized spacial score (nSPS) is 14.7. The van der Waals surface area contributed by atoms with Crippen LogP contribution in [-0.4, -0.2) is 76.3 Å². The van der Waals surface area contributed by atoms with E-state index in [4.69, 9.17) is 21.7 Å². The Morgan fingerprint density at radius 3 is 1.94 bits per heavy atom. The summed E-state index contributed by atoms with van der Waals surface area (Å²) in [4.78, 5) is 59.6. The molecule has 0 aliphatic rings. The number of hydrogen-bond donors (Lipinski definition) is 8. The first-order valence-corrected chi connectivity index (χ1v) is 11.0. The van der Waals surface area contributed by atoms with Gasteiger partial charge in [-0.1, -0.05) is 13.8 Å². The lowest BCUT2D eigenvalue weighted by Gasteiger charge is -2.27. The Morgan fingerprint density at radius 1 is 0.875 bits per heavy atom. The van der Waals surface area contributed by atoms with E-state index in [1.54, 1.807) is 13.8 Å². The third kappa shape index (κ3) is 11.3. The van der Waals surface area contributed by atoms with Gasteiger partial charge in [0.25, 0.3) is 0 Å². The SMILES string of the molecule is CC(C)C(NC(=O)C(CCCCN)NC(=O)C(N)CCC(=O)O)C(=O)NC(CS)C(=O)O. The lowest BCUT2D eigenvalue weighted by atomic mass is 10.0. The van der Waals surface area contributed by atoms with Crippen molar-refractivity contribution in [2.24, 2.45) is 17.4 Å². The lowest BCUT2D eigenvalue weighted by Crippen LogP contribution is -2.58. The molecule has 0 radical (unpaired) electrons. The molecule has 184 valence electrons. The molecule has 0 aromatic rings. The monoisotopic (exact) mass is 477 g/mol. The van der Waals surface area contributed by atoms with Gasteiger partial charge in [0.1, 0.15) is 18.1 Å². The van der Waals surface area contributed by atoms with E-state index >= 15 is 0 Å². The number of carbonyl (C=O) groups excluding carboxylic acids is 3. The fourth-order valence-corrected chi connectivity index (χ4v) is 2.93. The average molecular weight is 478 g/mol. The molecule has 12 nitrogen and oxygen atoms in total. The van der Waals surface area contributed by atoms with Crippen molar-refractivity contribution in [1.29, 1.82) is 0 Å². The Kier molecular flexibility index (Phi) is 14.3. The molecule has 9 N–H and O–H groups in total. The van der Waals surface area contributed by atoms with Crippen LogP contribution in [0.5, 0.6) is 0 Å². The van der Waals surface area contributed by atoms with Crippen LogP contribution in [0.1, 0.15) is 46.0 Å². The van der Waals surface area contributed by atoms with E-state index in [-0.39, 0.29) is 30.9 Å². The zero-order valence-electron chi connectivity index (χ0n) is 18.4. The number of thiol groups is 1. The van der Waals surface area contributed by atoms with Crippen molar-refractivity contribution in [3.05, 3.63) is 0 Å². The highest BCUT2D eigenvalue weighted by atomic mass is 32.1. The highest BCUT2D eigenvalue weighted by Crippen LogP contribution is 2.07. The molecule has 0 fully saturated rings. The molecule has 0 saturated heterocycles. The number of carboxylic acids is 2.